The fourth-order valence-corrected chi connectivity index (χ4v) is 3.85. The van der Waals surface area contributed by atoms with Crippen LogP contribution in [0.4, 0.5) is 9.52 Å². The third-order valence-electron chi connectivity index (χ3n) is 4.27. The van der Waals surface area contributed by atoms with E-state index in [-0.39, 0.29) is 24.9 Å². The zero-order valence-corrected chi connectivity index (χ0v) is 16.5. The van der Waals surface area contributed by atoms with Crippen molar-refractivity contribution in [2.75, 3.05) is 11.5 Å². The molecule has 0 aliphatic heterocycles. The van der Waals surface area contributed by atoms with Crippen LogP contribution in [0.25, 0.3) is 10.2 Å². The molecule has 2 aromatic heterocycles. The Morgan fingerprint density at radius 3 is 2.83 bits per heavy atom. The van der Waals surface area contributed by atoms with E-state index in [2.05, 4.69) is 9.97 Å². The smallest absolute Gasteiger partial charge is 0.267 e. The molecule has 0 bridgehead atoms. The first-order valence-corrected chi connectivity index (χ1v) is 9.86. The summed E-state index contributed by atoms with van der Waals surface area (Å²) in [7, 11) is 0. The SMILES string of the molecule is Cc1cccc(OCC(=O)N(Cc2ccccn2)c2nc3ccc(F)cc3s2)c1. The largest absolute Gasteiger partial charge is 0.484 e. The minimum atomic E-state index is -0.335. The molecule has 0 saturated heterocycles. The Hall–Kier alpha value is -3.32. The van der Waals surface area contributed by atoms with Crippen LogP contribution < -0.4 is 9.64 Å². The standard InChI is InChI=1S/C22H18FN3O2S/c1-15-5-4-7-18(11-15)28-14-21(27)26(13-17-6-2-3-10-24-17)22-25-19-9-8-16(23)12-20(19)29-22/h2-12H,13-14H2,1H3. The number of carbonyl (C=O) groups is 1. The van der Waals surface area contributed by atoms with Gasteiger partial charge in [0.15, 0.2) is 11.7 Å². The number of thiazole rings is 1. The molecule has 0 N–H and O–H groups in total. The molecule has 4 aromatic rings. The van der Waals surface area contributed by atoms with Crippen molar-refractivity contribution in [3.05, 3.63) is 83.9 Å². The van der Waals surface area contributed by atoms with E-state index in [9.17, 15) is 9.18 Å². The van der Waals surface area contributed by atoms with Gasteiger partial charge in [-0.05, 0) is 55.0 Å². The number of fused-ring (bicyclic) bond motifs is 1. The van der Waals surface area contributed by atoms with E-state index in [1.807, 2.05) is 49.4 Å². The van der Waals surface area contributed by atoms with Crippen LogP contribution in [-0.4, -0.2) is 22.5 Å². The highest BCUT2D eigenvalue weighted by Gasteiger charge is 2.21. The van der Waals surface area contributed by atoms with E-state index in [4.69, 9.17) is 4.74 Å². The summed E-state index contributed by atoms with van der Waals surface area (Å²) in [5.41, 5.74) is 2.42. The van der Waals surface area contributed by atoms with E-state index in [1.165, 1.54) is 28.4 Å². The van der Waals surface area contributed by atoms with Gasteiger partial charge in [0, 0.05) is 6.20 Å². The quantitative estimate of drug-likeness (QED) is 0.463. The maximum absolute atomic E-state index is 13.6. The molecule has 0 fully saturated rings. The van der Waals surface area contributed by atoms with Crippen molar-refractivity contribution in [3.8, 4) is 5.75 Å². The topological polar surface area (TPSA) is 55.3 Å². The second kappa shape index (κ2) is 8.36. The van der Waals surface area contributed by atoms with Crippen molar-refractivity contribution >= 4 is 32.6 Å². The first-order valence-electron chi connectivity index (χ1n) is 9.04. The predicted octanol–water partition coefficient (Wildman–Crippen LogP) is 4.75. The Morgan fingerprint density at radius 1 is 1.14 bits per heavy atom. The fourth-order valence-electron chi connectivity index (χ4n) is 2.85. The zero-order chi connectivity index (χ0) is 20.2. The van der Waals surface area contributed by atoms with Gasteiger partial charge in [-0.2, -0.15) is 0 Å². The maximum atomic E-state index is 13.6. The first-order chi connectivity index (χ1) is 14.1. The lowest BCUT2D eigenvalue weighted by Gasteiger charge is -2.19. The van der Waals surface area contributed by atoms with Crippen LogP contribution in [0.5, 0.6) is 5.75 Å². The third kappa shape index (κ3) is 4.57. The Labute approximate surface area is 171 Å². The van der Waals surface area contributed by atoms with Crippen molar-refractivity contribution in [1.29, 1.82) is 0 Å². The number of benzene rings is 2. The number of hydrogen-bond donors (Lipinski definition) is 0. The molecule has 146 valence electrons. The molecule has 0 aliphatic carbocycles. The first kappa shape index (κ1) is 19.0. The van der Waals surface area contributed by atoms with E-state index >= 15 is 0 Å². The molecular formula is C22H18FN3O2S. The van der Waals surface area contributed by atoms with E-state index in [1.54, 1.807) is 12.3 Å². The van der Waals surface area contributed by atoms with Crippen molar-refractivity contribution in [1.82, 2.24) is 9.97 Å². The monoisotopic (exact) mass is 407 g/mol. The lowest BCUT2D eigenvalue weighted by Crippen LogP contribution is -2.34. The third-order valence-corrected chi connectivity index (χ3v) is 5.31. The number of hydrogen-bond acceptors (Lipinski definition) is 5. The minimum Gasteiger partial charge on any atom is -0.484 e. The van der Waals surface area contributed by atoms with Gasteiger partial charge in [0.1, 0.15) is 11.6 Å². The summed E-state index contributed by atoms with van der Waals surface area (Å²) in [5.74, 6) is 0.0391. The summed E-state index contributed by atoms with van der Waals surface area (Å²) in [6, 6.07) is 17.4. The molecule has 4 rings (SSSR count). The highest BCUT2D eigenvalue weighted by molar-refractivity contribution is 7.22. The summed E-state index contributed by atoms with van der Waals surface area (Å²) < 4.78 is 19.9. The number of pyridine rings is 1. The number of halogens is 1. The molecule has 2 aromatic carbocycles. The lowest BCUT2D eigenvalue weighted by molar-refractivity contribution is -0.120. The van der Waals surface area contributed by atoms with E-state index in [0.29, 0.717) is 21.1 Å². The molecule has 1 amide bonds. The number of anilines is 1. The average molecular weight is 407 g/mol. The number of aryl methyl sites for hydroxylation is 1. The summed E-state index contributed by atoms with van der Waals surface area (Å²) in [5, 5.41) is 0.481. The van der Waals surface area contributed by atoms with Gasteiger partial charge >= 0.3 is 0 Å². The Morgan fingerprint density at radius 2 is 2.03 bits per heavy atom. The van der Waals surface area contributed by atoms with E-state index in [0.717, 1.165) is 11.3 Å². The van der Waals surface area contributed by atoms with Crippen LogP contribution in [0, 0.1) is 12.7 Å². The molecule has 0 saturated carbocycles. The average Bonchev–Trinajstić information content (AvgIpc) is 3.14. The number of aromatic nitrogens is 2. The highest BCUT2D eigenvalue weighted by Crippen LogP contribution is 2.30. The molecule has 0 aliphatic rings. The van der Waals surface area contributed by atoms with Gasteiger partial charge < -0.3 is 4.74 Å². The van der Waals surface area contributed by atoms with Crippen LogP contribution in [0.15, 0.2) is 66.9 Å². The van der Waals surface area contributed by atoms with Gasteiger partial charge in [-0.25, -0.2) is 9.37 Å². The molecule has 2 heterocycles. The van der Waals surface area contributed by atoms with Crippen LogP contribution in [-0.2, 0) is 11.3 Å². The number of ether oxygens (including phenoxy) is 1. The molecule has 0 atom stereocenters. The second-order valence-corrected chi connectivity index (χ2v) is 7.52. The van der Waals surface area contributed by atoms with Gasteiger partial charge in [-0.3, -0.25) is 14.7 Å². The van der Waals surface area contributed by atoms with Crippen molar-refractivity contribution in [3.63, 3.8) is 0 Å². The summed E-state index contributed by atoms with van der Waals surface area (Å²) in [6.07, 6.45) is 1.68. The summed E-state index contributed by atoms with van der Waals surface area (Å²) in [6.45, 7) is 2.07. The van der Waals surface area contributed by atoms with Crippen LogP contribution in [0.1, 0.15) is 11.3 Å². The van der Waals surface area contributed by atoms with Gasteiger partial charge in [-0.1, -0.05) is 29.5 Å². The van der Waals surface area contributed by atoms with Gasteiger partial charge in [0.05, 0.1) is 22.5 Å². The zero-order valence-electron chi connectivity index (χ0n) is 15.7. The van der Waals surface area contributed by atoms with Crippen LogP contribution in [0.2, 0.25) is 0 Å². The maximum Gasteiger partial charge on any atom is 0.267 e. The Balaban J connectivity index is 1.60. The van der Waals surface area contributed by atoms with Crippen LogP contribution in [0.3, 0.4) is 0 Å². The minimum absolute atomic E-state index is 0.138. The highest BCUT2D eigenvalue weighted by atomic mass is 32.1. The number of rotatable bonds is 6. The Kier molecular flexibility index (Phi) is 5.48. The number of carbonyl (C=O) groups excluding carboxylic acids is 1. The molecule has 0 unspecified atom stereocenters. The van der Waals surface area contributed by atoms with Crippen LogP contribution >= 0.6 is 11.3 Å². The summed E-state index contributed by atoms with van der Waals surface area (Å²) >= 11 is 1.26. The van der Waals surface area contributed by atoms with Crippen molar-refractivity contribution < 1.29 is 13.9 Å². The van der Waals surface area contributed by atoms with Gasteiger partial charge in [0.2, 0.25) is 0 Å². The predicted molar refractivity (Wildman–Crippen MR) is 112 cm³/mol. The molecule has 7 heteroatoms. The second-order valence-electron chi connectivity index (χ2n) is 6.51. The summed E-state index contributed by atoms with van der Waals surface area (Å²) in [4.78, 5) is 23.4. The Bertz CT molecular complexity index is 1150. The van der Waals surface area contributed by atoms with E-state index < -0.39 is 0 Å². The molecule has 5 nitrogen and oxygen atoms in total. The molecule has 29 heavy (non-hydrogen) atoms. The van der Waals surface area contributed by atoms with Gasteiger partial charge in [-0.15, -0.1) is 0 Å². The van der Waals surface area contributed by atoms with Crippen molar-refractivity contribution in [2.24, 2.45) is 0 Å². The fraction of sp³-hybridized carbons (Fsp3) is 0.136. The molecule has 0 radical (unpaired) electrons. The lowest BCUT2D eigenvalue weighted by atomic mass is 10.2. The normalized spacial score (nSPS) is 10.8. The number of amides is 1. The van der Waals surface area contributed by atoms with Gasteiger partial charge in [0.25, 0.3) is 5.91 Å². The number of nitrogens with zero attached hydrogens (tertiary/aromatic N) is 3. The van der Waals surface area contributed by atoms with Crippen molar-refractivity contribution in [2.45, 2.75) is 13.5 Å². The molecule has 0 spiro atoms. The molecular weight excluding hydrogens is 389 g/mol.